The number of aromatic amines is 1. The third-order valence-corrected chi connectivity index (χ3v) is 4.06. The number of benzene rings is 1. The Balaban J connectivity index is 2.07. The maximum atomic E-state index is 11.8. The molecule has 0 fully saturated rings. The Labute approximate surface area is 150 Å². The van der Waals surface area contributed by atoms with E-state index in [-0.39, 0.29) is 11.5 Å². The van der Waals surface area contributed by atoms with Gasteiger partial charge in [0.05, 0.1) is 12.3 Å². The van der Waals surface area contributed by atoms with Crippen LogP contribution in [-0.4, -0.2) is 18.2 Å². The molecule has 1 heterocycles. The fraction of sp³-hybridized carbons (Fsp3) is 0.476. The molecule has 4 heteroatoms. The van der Waals surface area contributed by atoms with Crippen LogP contribution in [0.5, 0.6) is 5.75 Å². The van der Waals surface area contributed by atoms with E-state index < -0.39 is 0 Å². The molecule has 0 radical (unpaired) electrons. The van der Waals surface area contributed by atoms with Crippen molar-refractivity contribution in [2.24, 2.45) is 0 Å². The zero-order valence-corrected chi connectivity index (χ0v) is 15.5. The van der Waals surface area contributed by atoms with Crippen molar-refractivity contribution in [3.8, 4) is 5.75 Å². The molecule has 0 aliphatic heterocycles. The summed E-state index contributed by atoms with van der Waals surface area (Å²) in [6.07, 6.45) is 4.50. The summed E-state index contributed by atoms with van der Waals surface area (Å²) >= 11 is 0. The molecule has 1 N–H and O–H groups in total. The predicted molar refractivity (Wildman–Crippen MR) is 101 cm³/mol. The number of aromatic nitrogens is 1. The van der Waals surface area contributed by atoms with Crippen LogP contribution >= 0.6 is 0 Å². The molecule has 4 nitrogen and oxygen atoms in total. The number of pyridine rings is 1. The Hall–Kier alpha value is -2.07. The van der Waals surface area contributed by atoms with Gasteiger partial charge in [-0.05, 0) is 38.0 Å². The Morgan fingerprint density at radius 1 is 1.04 bits per heavy atom. The summed E-state index contributed by atoms with van der Waals surface area (Å²) in [7, 11) is 0. The third-order valence-electron chi connectivity index (χ3n) is 4.06. The lowest BCUT2D eigenvalue weighted by atomic mass is 10.1. The van der Waals surface area contributed by atoms with Crippen molar-refractivity contribution in [1.29, 1.82) is 0 Å². The molecule has 0 spiro atoms. The molecule has 0 aliphatic rings. The average Bonchev–Trinajstić information content (AvgIpc) is 2.59. The van der Waals surface area contributed by atoms with Gasteiger partial charge in [-0.2, -0.15) is 0 Å². The number of hydrogen-bond acceptors (Lipinski definition) is 3. The number of unbranched alkanes of at least 4 members (excludes halogenated alkanes) is 3. The minimum Gasteiger partial charge on any atom is -0.494 e. The van der Waals surface area contributed by atoms with Crippen molar-refractivity contribution in [3.05, 3.63) is 63.6 Å². The fourth-order valence-electron chi connectivity index (χ4n) is 2.84. The lowest BCUT2D eigenvalue weighted by molar-refractivity contribution is 0.0881. The maximum absolute atomic E-state index is 11.8. The van der Waals surface area contributed by atoms with Gasteiger partial charge in [0.25, 0.3) is 0 Å². The van der Waals surface area contributed by atoms with E-state index in [2.05, 4.69) is 11.9 Å². The highest BCUT2D eigenvalue weighted by Gasteiger charge is 2.16. The molecule has 1 aromatic carbocycles. The number of rotatable bonds is 10. The van der Waals surface area contributed by atoms with Crippen LogP contribution in [-0.2, 0) is 4.74 Å². The van der Waals surface area contributed by atoms with Gasteiger partial charge in [0, 0.05) is 24.4 Å². The normalized spacial score (nSPS) is 12.1. The minimum absolute atomic E-state index is 0.0111. The van der Waals surface area contributed by atoms with E-state index in [9.17, 15) is 4.79 Å². The summed E-state index contributed by atoms with van der Waals surface area (Å²) in [6.45, 7) is 7.35. The van der Waals surface area contributed by atoms with E-state index in [1.807, 2.05) is 38.1 Å². The highest BCUT2D eigenvalue weighted by molar-refractivity contribution is 5.32. The van der Waals surface area contributed by atoms with E-state index in [1.165, 1.54) is 19.3 Å². The van der Waals surface area contributed by atoms with E-state index in [0.717, 1.165) is 35.7 Å². The van der Waals surface area contributed by atoms with Crippen molar-refractivity contribution in [2.45, 2.75) is 52.6 Å². The smallest absolute Gasteiger partial charge is 0.182 e. The number of H-pyrrole nitrogens is 1. The van der Waals surface area contributed by atoms with Crippen LogP contribution in [0.2, 0.25) is 0 Å². The molecule has 1 atom stereocenters. The Morgan fingerprint density at radius 3 is 2.44 bits per heavy atom. The second-order valence-corrected chi connectivity index (χ2v) is 6.27. The summed E-state index contributed by atoms with van der Waals surface area (Å²) in [6, 6.07) is 11.1. The fourth-order valence-corrected chi connectivity index (χ4v) is 2.84. The van der Waals surface area contributed by atoms with Crippen molar-refractivity contribution >= 4 is 0 Å². The summed E-state index contributed by atoms with van der Waals surface area (Å²) in [5.41, 5.74) is 2.60. The van der Waals surface area contributed by atoms with Crippen molar-refractivity contribution in [2.75, 3.05) is 13.2 Å². The monoisotopic (exact) mass is 343 g/mol. The van der Waals surface area contributed by atoms with Crippen LogP contribution < -0.4 is 10.2 Å². The Bertz CT molecular complexity index is 691. The van der Waals surface area contributed by atoms with Crippen LogP contribution in [0, 0.1) is 6.92 Å². The third kappa shape index (κ3) is 6.05. The number of ether oxygens (including phenoxy) is 2. The van der Waals surface area contributed by atoms with Gasteiger partial charge >= 0.3 is 0 Å². The lowest BCUT2D eigenvalue weighted by Gasteiger charge is -2.18. The molecular formula is C21H29NO3. The summed E-state index contributed by atoms with van der Waals surface area (Å²) in [5.74, 6) is 0.869. The summed E-state index contributed by atoms with van der Waals surface area (Å²) in [5, 5.41) is 0. The highest BCUT2D eigenvalue weighted by Crippen LogP contribution is 2.26. The molecule has 0 bridgehead atoms. The first-order valence-electron chi connectivity index (χ1n) is 9.19. The summed E-state index contributed by atoms with van der Waals surface area (Å²) < 4.78 is 11.7. The van der Waals surface area contributed by atoms with Crippen LogP contribution in [0.3, 0.4) is 0 Å². The lowest BCUT2D eigenvalue weighted by Crippen LogP contribution is -2.13. The molecule has 136 valence electrons. The molecular weight excluding hydrogens is 314 g/mol. The molecule has 0 saturated heterocycles. The van der Waals surface area contributed by atoms with Gasteiger partial charge < -0.3 is 14.5 Å². The zero-order chi connectivity index (χ0) is 18.1. The number of nitrogens with one attached hydrogen (secondary N) is 1. The Kier molecular flexibility index (Phi) is 7.74. The second kappa shape index (κ2) is 10.0. The van der Waals surface area contributed by atoms with Crippen molar-refractivity contribution in [1.82, 2.24) is 4.98 Å². The topological polar surface area (TPSA) is 51.3 Å². The predicted octanol–water partition coefficient (Wildman–Crippen LogP) is 4.77. The van der Waals surface area contributed by atoms with E-state index in [4.69, 9.17) is 9.47 Å². The van der Waals surface area contributed by atoms with E-state index in [0.29, 0.717) is 6.61 Å². The standard InChI is InChI=1S/C21H29NO3/c1-4-6-7-8-13-25-19-11-9-17(10-12-19)21(24-5-2)20-15-18(23)14-16(3)22-20/h9-12,14-15,21H,4-8,13H2,1-3H3,(H,22,23). The molecule has 1 unspecified atom stereocenters. The van der Waals surface area contributed by atoms with Crippen molar-refractivity contribution in [3.63, 3.8) is 0 Å². The van der Waals surface area contributed by atoms with Crippen LogP contribution in [0.4, 0.5) is 0 Å². The first-order valence-corrected chi connectivity index (χ1v) is 9.19. The van der Waals surface area contributed by atoms with E-state index >= 15 is 0 Å². The molecule has 0 amide bonds. The molecule has 25 heavy (non-hydrogen) atoms. The maximum Gasteiger partial charge on any atom is 0.182 e. The first-order chi connectivity index (χ1) is 12.1. The van der Waals surface area contributed by atoms with Crippen LogP contribution in [0.1, 0.15) is 62.6 Å². The molecule has 2 rings (SSSR count). The highest BCUT2D eigenvalue weighted by atomic mass is 16.5. The second-order valence-electron chi connectivity index (χ2n) is 6.27. The largest absolute Gasteiger partial charge is 0.494 e. The van der Waals surface area contributed by atoms with Gasteiger partial charge in [-0.25, -0.2) is 0 Å². The molecule has 0 aliphatic carbocycles. The number of aryl methyl sites for hydroxylation is 1. The first kappa shape index (κ1) is 19.3. The van der Waals surface area contributed by atoms with Gasteiger partial charge in [0.1, 0.15) is 11.9 Å². The van der Waals surface area contributed by atoms with Crippen LogP contribution in [0.25, 0.3) is 0 Å². The molecule has 0 saturated carbocycles. The van der Waals surface area contributed by atoms with Gasteiger partial charge in [-0.1, -0.05) is 38.3 Å². The van der Waals surface area contributed by atoms with Gasteiger partial charge in [0.15, 0.2) is 5.43 Å². The zero-order valence-electron chi connectivity index (χ0n) is 15.5. The quantitative estimate of drug-likeness (QED) is 0.632. The van der Waals surface area contributed by atoms with Gasteiger partial charge in [-0.3, -0.25) is 4.79 Å². The van der Waals surface area contributed by atoms with Gasteiger partial charge in [-0.15, -0.1) is 0 Å². The molecule has 1 aromatic heterocycles. The van der Waals surface area contributed by atoms with Gasteiger partial charge in [0.2, 0.25) is 0 Å². The minimum atomic E-state index is -0.281. The van der Waals surface area contributed by atoms with Crippen LogP contribution in [0.15, 0.2) is 41.2 Å². The van der Waals surface area contributed by atoms with E-state index in [1.54, 1.807) is 12.1 Å². The Morgan fingerprint density at radius 2 is 1.80 bits per heavy atom. The summed E-state index contributed by atoms with van der Waals surface area (Å²) in [4.78, 5) is 15.0. The SMILES string of the molecule is CCCCCCOc1ccc(C(OCC)c2cc(=O)cc(C)[nH]2)cc1. The van der Waals surface area contributed by atoms with Crippen molar-refractivity contribution < 1.29 is 9.47 Å². The molecule has 2 aromatic rings. The number of hydrogen-bond donors (Lipinski definition) is 1. The average molecular weight is 343 g/mol.